The molecule has 38 heavy (non-hydrogen) atoms. The molecule has 11 nitrogen and oxygen atoms in total. The third-order valence-corrected chi connectivity index (χ3v) is 7.27. The van der Waals surface area contributed by atoms with Crippen molar-refractivity contribution < 1.29 is 4.79 Å². The second-order valence-electron chi connectivity index (χ2n) is 9.79. The van der Waals surface area contributed by atoms with Gasteiger partial charge in [0.15, 0.2) is 5.82 Å². The van der Waals surface area contributed by atoms with Crippen LogP contribution in [0.4, 0.5) is 11.5 Å². The number of aryl methyl sites for hydroxylation is 2. The Balaban J connectivity index is 1.25. The monoisotopic (exact) mass is 510 g/mol. The highest BCUT2D eigenvalue weighted by molar-refractivity contribution is 6.01. The molecule has 5 aromatic rings. The van der Waals surface area contributed by atoms with Gasteiger partial charge in [0.25, 0.3) is 5.91 Å². The van der Waals surface area contributed by atoms with E-state index in [2.05, 4.69) is 42.5 Å². The van der Waals surface area contributed by atoms with Gasteiger partial charge in [-0.05, 0) is 45.4 Å². The molecule has 0 saturated carbocycles. The molecule has 1 fully saturated rings. The normalized spacial score (nSPS) is 15.9. The molecule has 0 spiro atoms. The number of amides is 1. The lowest BCUT2D eigenvalue weighted by Crippen LogP contribution is -2.36. The standard InChI is InChI=1S/C27H30N10O/c1-17-5-4-9-36(17)10-8-30-27(38)19-11-22(18(2)31-13-19)33-26-21-14-32-37-16-20(23-15-28-6-7-29-23)12-24(37)25(21)35(3)34-26/h6-7,11-17H,4-5,8-10H2,1-3H3,(H,30,38)(H,33,34)/t17-/m0/s1. The third kappa shape index (κ3) is 4.45. The van der Waals surface area contributed by atoms with E-state index in [1.807, 2.05) is 41.5 Å². The van der Waals surface area contributed by atoms with E-state index in [4.69, 9.17) is 5.10 Å². The van der Waals surface area contributed by atoms with Gasteiger partial charge in [0, 0.05) is 56.5 Å². The average Bonchev–Trinajstić information content (AvgIpc) is 3.62. The first kappa shape index (κ1) is 24.0. The van der Waals surface area contributed by atoms with Gasteiger partial charge in [-0.1, -0.05) is 0 Å². The summed E-state index contributed by atoms with van der Waals surface area (Å²) in [6.07, 6.45) is 12.8. The number of carbonyl (C=O) groups is 1. The summed E-state index contributed by atoms with van der Waals surface area (Å²) in [5.41, 5.74) is 5.53. The Morgan fingerprint density at radius 3 is 2.84 bits per heavy atom. The van der Waals surface area contributed by atoms with Crippen molar-refractivity contribution in [2.24, 2.45) is 7.05 Å². The van der Waals surface area contributed by atoms with Crippen molar-refractivity contribution >= 4 is 33.8 Å². The van der Waals surface area contributed by atoms with Gasteiger partial charge in [-0.3, -0.25) is 29.3 Å². The van der Waals surface area contributed by atoms with Gasteiger partial charge < -0.3 is 10.6 Å². The molecule has 0 radical (unpaired) electrons. The van der Waals surface area contributed by atoms with Crippen molar-refractivity contribution in [2.75, 3.05) is 25.0 Å². The summed E-state index contributed by atoms with van der Waals surface area (Å²) < 4.78 is 3.65. The molecule has 1 aliphatic heterocycles. The maximum Gasteiger partial charge on any atom is 0.252 e. The summed E-state index contributed by atoms with van der Waals surface area (Å²) in [4.78, 5) is 28.3. The summed E-state index contributed by atoms with van der Waals surface area (Å²) in [6, 6.07) is 4.44. The molecule has 194 valence electrons. The maximum atomic E-state index is 12.9. The van der Waals surface area contributed by atoms with Gasteiger partial charge in [0.1, 0.15) is 0 Å². The van der Waals surface area contributed by atoms with Crippen LogP contribution >= 0.6 is 0 Å². The van der Waals surface area contributed by atoms with Crippen LogP contribution in [-0.2, 0) is 7.05 Å². The molecule has 1 atom stereocenters. The molecule has 0 aliphatic carbocycles. The number of anilines is 2. The predicted octanol–water partition coefficient (Wildman–Crippen LogP) is 3.34. The van der Waals surface area contributed by atoms with Crippen LogP contribution in [-0.4, -0.2) is 70.8 Å². The van der Waals surface area contributed by atoms with Gasteiger partial charge in [-0.15, -0.1) is 0 Å². The number of rotatable bonds is 7. The number of nitrogens with one attached hydrogen (secondary N) is 2. The number of likely N-dealkylation sites (tertiary alicyclic amines) is 1. The molecule has 6 heterocycles. The Morgan fingerprint density at radius 1 is 1.16 bits per heavy atom. The van der Waals surface area contributed by atoms with Crippen LogP contribution in [0.1, 0.15) is 35.8 Å². The first-order valence-corrected chi connectivity index (χ1v) is 12.8. The zero-order valence-electron chi connectivity index (χ0n) is 21.7. The number of hydrogen-bond donors (Lipinski definition) is 2. The molecule has 6 rings (SSSR count). The first-order chi connectivity index (χ1) is 18.5. The predicted molar refractivity (Wildman–Crippen MR) is 145 cm³/mol. The second-order valence-corrected chi connectivity index (χ2v) is 9.79. The molecule has 1 saturated heterocycles. The van der Waals surface area contributed by atoms with Crippen LogP contribution in [0.15, 0.2) is 49.3 Å². The van der Waals surface area contributed by atoms with Crippen molar-refractivity contribution in [3.05, 3.63) is 60.6 Å². The van der Waals surface area contributed by atoms with Gasteiger partial charge in [0.2, 0.25) is 0 Å². The largest absolute Gasteiger partial charge is 0.351 e. The van der Waals surface area contributed by atoms with Crippen molar-refractivity contribution in [3.8, 4) is 11.3 Å². The summed E-state index contributed by atoms with van der Waals surface area (Å²) in [5, 5.41) is 16.6. The minimum Gasteiger partial charge on any atom is -0.351 e. The molecule has 1 amide bonds. The van der Waals surface area contributed by atoms with E-state index in [1.54, 1.807) is 31.0 Å². The lowest BCUT2D eigenvalue weighted by Gasteiger charge is -2.20. The van der Waals surface area contributed by atoms with Crippen LogP contribution in [0.2, 0.25) is 0 Å². The Kier molecular flexibility index (Phi) is 6.20. The fourth-order valence-corrected chi connectivity index (χ4v) is 5.14. The van der Waals surface area contributed by atoms with Gasteiger partial charge in [-0.2, -0.15) is 10.2 Å². The molecule has 0 bridgehead atoms. The fourth-order valence-electron chi connectivity index (χ4n) is 5.14. The van der Waals surface area contributed by atoms with E-state index in [0.717, 1.165) is 52.1 Å². The van der Waals surface area contributed by atoms with Crippen molar-refractivity contribution in [3.63, 3.8) is 0 Å². The zero-order chi connectivity index (χ0) is 26.2. The van der Waals surface area contributed by atoms with E-state index < -0.39 is 0 Å². The highest BCUT2D eigenvalue weighted by atomic mass is 16.1. The number of hydrogen-bond acceptors (Lipinski definition) is 8. The fraction of sp³-hybridized carbons (Fsp3) is 0.333. The van der Waals surface area contributed by atoms with Crippen molar-refractivity contribution in [1.82, 2.24) is 44.6 Å². The van der Waals surface area contributed by atoms with Gasteiger partial charge in [0.05, 0.1) is 51.5 Å². The number of nitrogens with zero attached hydrogens (tertiary/aromatic N) is 8. The summed E-state index contributed by atoms with van der Waals surface area (Å²) in [5.74, 6) is 0.511. The Morgan fingerprint density at radius 2 is 2.05 bits per heavy atom. The third-order valence-electron chi connectivity index (χ3n) is 7.27. The van der Waals surface area contributed by atoms with Crippen molar-refractivity contribution in [1.29, 1.82) is 0 Å². The molecule has 1 aliphatic rings. The highest BCUT2D eigenvalue weighted by Crippen LogP contribution is 2.31. The second kappa shape index (κ2) is 9.82. The van der Waals surface area contributed by atoms with E-state index >= 15 is 0 Å². The molecular formula is C27H30N10O. The summed E-state index contributed by atoms with van der Waals surface area (Å²) in [6.45, 7) is 6.71. The highest BCUT2D eigenvalue weighted by Gasteiger charge is 2.20. The lowest BCUT2D eigenvalue weighted by atomic mass is 10.2. The van der Waals surface area contributed by atoms with Crippen molar-refractivity contribution in [2.45, 2.75) is 32.7 Å². The minimum atomic E-state index is -0.133. The number of aromatic nitrogens is 7. The quantitative estimate of drug-likeness (QED) is 0.342. The van der Waals surface area contributed by atoms with E-state index in [1.165, 1.54) is 12.8 Å². The number of carbonyl (C=O) groups excluding carboxylic acids is 1. The van der Waals surface area contributed by atoms with E-state index in [0.29, 0.717) is 24.0 Å². The Hall–Kier alpha value is -4.38. The average molecular weight is 511 g/mol. The van der Waals surface area contributed by atoms with E-state index in [-0.39, 0.29) is 5.91 Å². The van der Waals surface area contributed by atoms with Gasteiger partial charge in [-0.25, -0.2) is 4.52 Å². The van der Waals surface area contributed by atoms with Crippen LogP contribution in [0, 0.1) is 6.92 Å². The number of pyridine rings is 1. The van der Waals surface area contributed by atoms with Crippen LogP contribution in [0.5, 0.6) is 0 Å². The van der Waals surface area contributed by atoms with Crippen LogP contribution in [0.3, 0.4) is 0 Å². The topological polar surface area (TPSA) is 118 Å². The smallest absolute Gasteiger partial charge is 0.252 e. The molecule has 5 aromatic heterocycles. The minimum absolute atomic E-state index is 0.133. The Bertz CT molecular complexity index is 1620. The van der Waals surface area contributed by atoms with E-state index in [9.17, 15) is 4.79 Å². The maximum absolute atomic E-state index is 12.9. The molecule has 11 heteroatoms. The zero-order valence-corrected chi connectivity index (χ0v) is 21.7. The summed E-state index contributed by atoms with van der Waals surface area (Å²) in [7, 11) is 1.90. The summed E-state index contributed by atoms with van der Waals surface area (Å²) >= 11 is 0. The SMILES string of the molecule is Cc1ncc(C(=O)NCCN2CCC[C@@H]2C)cc1Nc1nn(C)c2c1cnn1cc(-c3cnccn3)cc21. The van der Waals surface area contributed by atoms with Crippen LogP contribution in [0.25, 0.3) is 27.7 Å². The Labute approximate surface area is 219 Å². The first-order valence-electron chi connectivity index (χ1n) is 12.8. The number of fused-ring (bicyclic) bond motifs is 3. The molecule has 0 unspecified atom stereocenters. The van der Waals surface area contributed by atoms with Gasteiger partial charge >= 0.3 is 0 Å². The lowest BCUT2D eigenvalue weighted by molar-refractivity contribution is 0.0947. The van der Waals surface area contributed by atoms with Crippen LogP contribution < -0.4 is 10.6 Å². The molecule has 0 aromatic carbocycles. The molecular weight excluding hydrogens is 480 g/mol. The molecule has 2 N–H and O–H groups in total.